The van der Waals surface area contributed by atoms with Crippen molar-refractivity contribution in [1.29, 1.82) is 0 Å². The average molecular weight is 325 g/mol. The maximum absolute atomic E-state index is 12.6. The minimum Gasteiger partial charge on any atom is -0.303 e. The average Bonchev–Trinajstić information content (AvgIpc) is 2.79. The number of likely N-dealkylation sites (N-methyl/N-ethyl adjacent to an activating group) is 1. The highest BCUT2D eigenvalue weighted by atomic mass is 31.1. The van der Waals surface area contributed by atoms with Crippen molar-refractivity contribution in [3.8, 4) is 0 Å². The van der Waals surface area contributed by atoms with Crippen LogP contribution < -0.4 is 5.30 Å². The molecule has 0 aromatic heterocycles. The third-order valence-corrected chi connectivity index (χ3v) is 5.26. The second-order valence-electron chi connectivity index (χ2n) is 5.53. The van der Waals surface area contributed by atoms with Gasteiger partial charge in [0, 0.05) is 6.04 Å². The molecule has 0 heterocycles. The van der Waals surface area contributed by atoms with Crippen LogP contribution in [0.4, 0.5) is 13.2 Å². The Hall–Kier alpha value is -1.38. The molecule has 1 aliphatic carbocycles. The predicted octanol–water partition coefficient (Wildman–Crippen LogP) is 4.34. The summed E-state index contributed by atoms with van der Waals surface area (Å²) in [6.07, 6.45) is -0.259. The van der Waals surface area contributed by atoms with Crippen LogP contribution in [-0.2, 0) is 6.18 Å². The summed E-state index contributed by atoms with van der Waals surface area (Å²) in [6, 6.07) is 5.63. The van der Waals surface area contributed by atoms with E-state index in [4.69, 9.17) is 0 Å². The number of allylic oxidation sites excluding steroid dienone is 3. The summed E-state index contributed by atoms with van der Waals surface area (Å²) < 4.78 is 37.8. The molecule has 1 unspecified atom stereocenters. The van der Waals surface area contributed by atoms with Gasteiger partial charge in [-0.3, -0.25) is 0 Å². The molecule has 118 valence electrons. The van der Waals surface area contributed by atoms with E-state index >= 15 is 0 Å². The Morgan fingerprint density at radius 2 is 1.68 bits per heavy atom. The number of halogens is 3. The highest BCUT2D eigenvalue weighted by Gasteiger charge is 2.30. The van der Waals surface area contributed by atoms with E-state index < -0.39 is 11.7 Å². The van der Waals surface area contributed by atoms with Crippen LogP contribution in [0.2, 0.25) is 0 Å². The van der Waals surface area contributed by atoms with E-state index in [1.54, 1.807) is 12.1 Å². The Bertz CT molecular complexity index is 624. The second kappa shape index (κ2) is 6.39. The summed E-state index contributed by atoms with van der Waals surface area (Å²) in [5.41, 5.74) is 1.52. The molecule has 0 radical (unpaired) electrons. The van der Waals surface area contributed by atoms with E-state index in [2.05, 4.69) is 24.5 Å². The van der Waals surface area contributed by atoms with Gasteiger partial charge < -0.3 is 4.90 Å². The first-order valence-electron chi connectivity index (χ1n) is 6.92. The van der Waals surface area contributed by atoms with Crippen molar-refractivity contribution in [1.82, 2.24) is 4.90 Å². The van der Waals surface area contributed by atoms with Gasteiger partial charge in [0.05, 0.1) is 5.56 Å². The lowest BCUT2D eigenvalue weighted by atomic mass is 10.1. The minimum absolute atomic E-state index is 0.243. The molecule has 0 N–H and O–H groups in total. The van der Waals surface area contributed by atoms with Gasteiger partial charge in [-0.2, -0.15) is 13.2 Å². The number of nitrogens with zero attached hydrogens (tertiary/aromatic N) is 1. The number of benzene rings is 1. The van der Waals surface area contributed by atoms with Crippen LogP contribution in [0.3, 0.4) is 0 Å². The molecule has 1 aromatic carbocycles. The van der Waals surface area contributed by atoms with Crippen LogP contribution >= 0.6 is 8.58 Å². The fourth-order valence-corrected chi connectivity index (χ4v) is 3.51. The van der Waals surface area contributed by atoms with Crippen molar-refractivity contribution in [2.45, 2.75) is 19.1 Å². The van der Waals surface area contributed by atoms with Gasteiger partial charge in [-0.15, -0.1) is 0 Å². The van der Waals surface area contributed by atoms with E-state index in [0.717, 1.165) is 28.3 Å². The number of rotatable bonds is 4. The molecule has 1 aromatic rings. The standard InChI is InChI=1S/C17H19F3NP/c1-11-5-10-15(12(2)21(3)4)16(11)22-14-8-6-13(7-9-14)17(18,19)20/h5-10,12,22H,1H2,2-4H3/t12-/m1/s1. The van der Waals surface area contributed by atoms with Crippen molar-refractivity contribution in [3.63, 3.8) is 0 Å². The van der Waals surface area contributed by atoms with Gasteiger partial charge in [0.2, 0.25) is 0 Å². The molecule has 22 heavy (non-hydrogen) atoms. The molecule has 1 aliphatic rings. The molecule has 0 saturated heterocycles. The zero-order chi connectivity index (χ0) is 16.5. The van der Waals surface area contributed by atoms with Gasteiger partial charge in [0.25, 0.3) is 0 Å². The first-order chi connectivity index (χ1) is 10.2. The van der Waals surface area contributed by atoms with Gasteiger partial charge in [0.1, 0.15) is 0 Å². The molecule has 1 nitrogen and oxygen atoms in total. The lowest BCUT2D eigenvalue weighted by Crippen LogP contribution is -2.26. The van der Waals surface area contributed by atoms with E-state index in [-0.39, 0.29) is 6.04 Å². The maximum atomic E-state index is 12.6. The molecule has 0 aliphatic heterocycles. The molecular weight excluding hydrogens is 306 g/mol. The van der Waals surface area contributed by atoms with Crippen molar-refractivity contribution >= 4 is 13.9 Å². The molecule has 2 atom stereocenters. The van der Waals surface area contributed by atoms with Crippen LogP contribution in [0.15, 0.2) is 59.5 Å². The summed E-state index contributed by atoms with van der Waals surface area (Å²) in [5.74, 6) is 0. The van der Waals surface area contributed by atoms with Gasteiger partial charge in [-0.05, 0) is 54.9 Å². The quantitative estimate of drug-likeness (QED) is 0.745. The highest BCUT2D eigenvalue weighted by Crippen LogP contribution is 2.39. The third-order valence-electron chi connectivity index (χ3n) is 3.78. The summed E-state index contributed by atoms with van der Waals surface area (Å²) in [4.78, 5) is 2.11. The minimum atomic E-state index is -4.29. The Kier molecular flexibility index (Phi) is 4.93. The van der Waals surface area contributed by atoms with Crippen molar-refractivity contribution < 1.29 is 13.2 Å². The van der Waals surface area contributed by atoms with E-state index in [9.17, 15) is 13.2 Å². The van der Waals surface area contributed by atoms with Gasteiger partial charge in [-0.25, -0.2) is 0 Å². The SMILES string of the molecule is C=C1C=CC([C@@H](C)N(C)C)=C1Pc1ccc(C(F)(F)F)cc1. The van der Waals surface area contributed by atoms with Crippen LogP contribution in [0, 0.1) is 0 Å². The summed E-state index contributed by atoms with van der Waals surface area (Å²) in [5, 5.41) is 2.01. The Morgan fingerprint density at radius 1 is 1.09 bits per heavy atom. The first kappa shape index (κ1) is 17.0. The van der Waals surface area contributed by atoms with E-state index in [1.807, 2.05) is 20.2 Å². The number of hydrogen-bond acceptors (Lipinski definition) is 1. The molecule has 5 heteroatoms. The summed E-state index contributed by atoms with van der Waals surface area (Å²) >= 11 is 0. The zero-order valence-electron chi connectivity index (χ0n) is 12.8. The first-order valence-corrected chi connectivity index (χ1v) is 7.92. The van der Waals surface area contributed by atoms with E-state index in [0.29, 0.717) is 8.58 Å². The lowest BCUT2D eigenvalue weighted by molar-refractivity contribution is -0.137. The Labute approximate surface area is 131 Å². The van der Waals surface area contributed by atoms with Gasteiger partial charge in [-0.1, -0.05) is 39.4 Å². The number of alkyl halides is 3. The summed E-state index contributed by atoms with van der Waals surface area (Å²) in [7, 11) is 4.32. The molecule has 0 bridgehead atoms. The topological polar surface area (TPSA) is 3.24 Å². The maximum Gasteiger partial charge on any atom is 0.416 e. The molecule has 2 rings (SSSR count). The Balaban J connectivity index is 2.25. The van der Waals surface area contributed by atoms with Crippen molar-refractivity contribution in [2.75, 3.05) is 14.1 Å². The van der Waals surface area contributed by atoms with Crippen LogP contribution in [0.25, 0.3) is 0 Å². The predicted molar refractivity (Wildman–Crippen MR) is 87.8 cm³/mol. The number of hydrogen-bond donors (Lipinski definition) is 0. The monoisotopic (exact) mass is 325 g/mol. The molecule has 0 amide bonds. The van der Waals surface area contributed by atoms with Crippen molar-refractivity contribution in [2.24, 2.45) is 0 Å². The van der Waals surface area contributed by atoms with Crippen molar-refractivity contribution in [3.05, 3.63) is 65.0 Å². The van der Waals surface area contributed by atoms with Crippen LogP contribution in [-0.4, -0.2) is 25.0 Å². The van der Waals surface area contributed by atoms with Crippen LogP contribution in [0.1, 0.15) is 12.5 Å². The zero-order valence-corrected chi connectivity index (χ0v) is 13.8. The molecule has 0 fully saturated rings. The molecule has 0 spiro atoms. The fraction of sp³-hybridized carbons (Fsp3) is 0.294. The Morgan fingerprint density at radius 3 is 2.18 bits per heavy atom. The molecular formula is C17H19F3NP. The van der Waals surface area contributed by atoms with Gasteiger partial charge >= 0.3 is 6.18 Å². The fourth-order valence-electron chi connectivity index (χ4n) is 2.21. The normalized spacial score (nSPS) is 17.3. The third kappa shape index (κ3) is 3.68. The van der Waals surface area contributed by atoms with E-state index in [1.165, 1.54) is 5.57 Å². The largest absolute Gasteiger partial charge is 0.416 e. The second-order valence-corrected chi connectivity index (χ2v) is 6.86. The summed E-state index contributed by atoms with van der Waals surface area (Å²) in [6.45, 7) is 6.15. The smallest absolute Gasteiger partial charge is 0.303 e. The van der Waals surface area contributed by atoms with Crippen LogP contribution in [0.5, 0.6) is 0 Å². The lowest BCUT2D eigenvalue weighted by Gasteiger charge is -2.22. The molecule has 0 saturated carbocycles. The van der Waals surface area contributed by atoms with Gasteiger partial charge in [0.15, 0.2) is 0 Å². The highest BCUT2D eigenvalue weighted by molar-refractivity contribution is 7.52.